The van der Waals surface area contributed by atoms with Crippen LogP contribution in [0.1, 0.15) is 63.8 Å². The smallest absolute Gasteiger partial charge is 0.410 e. The quantitative estimate of drug-likeness (QED) is 0.451. The van der Waals surface area contributed by atoms with Crippen LogP contribution in [0.2, 0.25) is 0 Å². The summed E-state index contributed by atoms with van der Waals surface area (Å²) < 4.78 is 7.41. The van der Waals surface area contributed by atoms with Crippen LogP contribution in [0.15, 0.2) is 70.4 Å². The lowest BCUT2D eigenvalue weighted by atomic mass is 10.1. The number of carbonyl (C=O) groups is 4. The molecule has 212 valence electrons. The molecule has 0 aliphatic carbocycles. The summed E-state index contributed by atoms with van der Waals surface area (Å²) in [6.45, 7) is 6.56. The lowest BCUT2D eigenvalue weighted by molar-refractivity contribution is 0.0199. The molecule has 11 nitrogen and oxygen atoms in total. The zero-order chi connectivity index (χ0) is 29.6. The number of hydrogen-bond acceptors (Lipinski definition) is 7. The number of aromatic nitrogens is 2. The maximum absolute atomic E-state index is 13.5. The second kappa shape index (κ2) is 10.3. The van der Waals surface area contributed by atoms with E-state index in [2.05, 4.69) is 0 Å². The largest absolute Gasteiger partial charge is 0.444 e. The molecule has 5 rings (SSSR count). The SMILES string of the molecule is Cc1cn(C[C@H]2C[C@@H](N3C(=O)c4ccccc4C3=O)CN2C(=O)OC(C)(C)C)c(=O)n(C(=O)c2ccccc2)c1=O. The van der Waals surface area contributed by atoms with Gasteiger partial charge in [-0.05, 0) is 58.4 Å². The van der Waals surface area contributed by atoms with Crippen molar-refractivity contribution in [3.8, 4) is 0 Å². The number of rotatable bonds is 4. The van der Waals surface area contributed by atoms with Gasteiger partial charge in [-0.25, -0.2) is 9.59 Å². The molecule has 1 fully saturated rings. The molecule has 3 amide bonds. The van der Waals surface area contributed by atoms with E-state index in [1.54, 1.807) is 63.2 Å². The highest BCUT2D eigenvalue weighted by Gasteiger charge is 2.47. The lowest BCUT2D eigenvalue weighted by Gasteiger charge is -2.29. The van der Waals surface area contributed by atoms with E-state index in [1.807, 2.05) is 0 Å². The summed E-state index contributed by atoms with van der Waals surface area (Å²) in [4.78, 5) is 81.8. The fraction of sp³-hybridized carbons (Fsp3) is 0.333. The summed E-state index contributed by atoms with van der Waals surface area (Å²) in [5.41, 5.74) is -1.50. The molecule has 0 N–H and O–H groups in total. The van der Waals surface area contributed by atoms with Crippen molar-refractivity contribution in [3.05, 3.63) is 104 Å². The molecule has 0 radical (unpaired) electrons. The topological polar surface area (TPSA) is 128 Å². The van der Waals surface area contributed by atoms with Crippen molar-refractivity contribution in [1.82, 2.24) is 18.9 Å². The van der Waals surface area contributed by atoms with Crippen LogP contribution in [0.4, 0.5) is 4.79 Å². The van der Waals surface area contributed by atoms with Crippen LogP contribution in [0.3, 0.4) is 0 Å². The number of imide groups is 1. The summed E-state index contributed by atoms with van der Waals surface area (Å²) in [6.07, 6.45) is 0.851. The fourth-order valence-electron chi connectivity index (χ4n) is 5.32. The Hall–Kier alpha value is -4.80. The van der Waals surface area contributed by atoms with Crippen LogP contribution in [-0.2, 0) is 11.3 Å². The molecule has 3 heterocycles. The molecule has 0 spiro atoms. The van der Waals surface area contributed by atoms with Crippen molar-refractivity contribution >= 4 is 23.8 Å². The molecule has 3 aromatic rings. The third-order valence-electron chi connectivity index (χ3n) is 7.17. The third kappa shape index (κ3) is 5.10. The first-order valence-electron chi connectivity index (χ1n) is 13.3. The minimum absolute atomic E-state index is 0.00136. The van der Waals surface area contributed by atoms with Crippen LogP contribution < -0.4 is 11.2 Å². The maximum atomic E-state index is 13.5. The second-order valence-corrected chi connectivity index (χ2v) is 11.3. The van der Waals surface area contributed by atoms with E-state index in [-0.39, 0.29) is 30.6 Å². The number of aryl methyl sites for hydroxylation is 1. The van der Waals surface area contributed by atoms with E-state index < -0.39 is 52.7 Å². The molecular formula is C30H30N4O7. The van der Waals surface area contributed by atoms with Gasteiger partial charge in [0, 0.05) is 30.4 Å². The first kappa shape index (κ1) is 27.8. The first-order valence-corrected chi connectivity index (χ1v) is 13.3. The van der Waals surface area contributed by atoms with Gasteiger partial charge in [-0.1, -0.05) is 30.3 Å². The number of carbonyl (C=O) groups excluding carboxylic acids is 4. The number of amides is 3. The molecule has 0 bridgehead atoms. The van der Waals surface area contributed by atoms with Crippen LogP contribution in [0.5, 0.6) is 0 Å². The molecular weight excluding hydrogens is 528 g/mol. The van der Waals surface area contributed by atoms with Gasteiger partial charge in [0.2, 0.25) is 0 Å². The number of fused-ring (bicyclic) bond motifs is 1. The predicted octanol–water partition coefficient (Wildman–Crippen LogP) is 2.68. The lowest BCUT2D eigenvalue weighted by Crippen LogP contribution is -2.48. The molecule has 0 unspecified atom stereocenters. The molecule has 2 atom stereocenters. The number of hydrogen-bond donors (Lipinski definition) is 0. The Morgan fingerprint density at radius 1 is 0.902 bits per heavy atom. The minimum Gasteiger partial charge on any atom is -0.444 e. The average molecular weight is 559 g/mol. The van der Waals surface area contributed by atoms with Gasteiger partial charge in [0.25, 0.3) is 23.3 Å². The minimum atomic E-state index is -0.859. The van der Waals surface area contributed by atoms with Crippen LogP contribution in [0.25, 0.3) is 0 Å². The molecule has 1 saturated heterocycles. The Morgan fingerprint density at radius 3 is 2.07 bits per heavy atom. The van der Waals surface area contributed by atoms with E-state index in [0.717, 1.165) is 4.90 Å². The Balaban J connectivity index is 1.50. The molecule has 2 aliphatic heterocycles. The monoisotopic (exact) mass is 558 g/mol. The fourth-order valence-corrected chi connectivity index (χ4v) is 5.32. The predicted molar refractivity (Wildman–Crippen MR) is 148 cm³/mol. The number of benzene rings is 2. The van der Waals surface area contributed by atoms with E-state index in [1.165, 1.54) is 34.7 Å². The Kier molecular flexibility index (Phi) is 6.98. The average Bonchev–Trinajstić information content (AvgIpc) is 3.45. The van der Waals surface area contributed by atoms with Crippen molar-refractivity contribution in [2.24, 2.45) is 0 Å². The summed E-state index contributed by atoms with van der Waals surface area (Å²) in [5, 5.41) is 0. The summed E-state index contributed by atoms with van der Waals surface area (Å²) >= 11 is 0. The highest BCUT2D eigenvalue weighted by molar-refractivity contribution is 6.21. The number of nitrogens with zero attached hydrogens (tertiary/aromatic N) is 4. The normalized spacial score (nSPS) is 18.5. The zero-order valence-electron chi connectivity index (χ0n) is 23.2. The van der Waals surface area contributed by atoms with Gasteiger partial charge in [-0.3, -0.25) is 28.6 Å². The number of ether oxygens (including phenoxy) is 1. The maximum Gasteiger partial charge on any atom is 0.410 e. The van der Waals surface area contributed by atoms with Gasteiger partial charge >= 0.3 is 11.8 Å². The third-order valence-corrected chi connectivity index (χ3v) is 7.17. The standard InChI is InChI=1S/C30H30N4O7/c1-18-15-31(28(39)34(24(18)35)25(36)19-10-6-5-7-11-19)16-20-14-21(17-32(20)29(40)41-30(2,3)4)33-26(37)22-12-8-9-13-23(22)27(33)38/h5-13,15,20-21H,14,16-17H2,1-4H3/t20-,21-/m1/s1. The van der Waals surface area contributed by atoms with Crippen molar-refractivity contribution in [2.45, 2.75) is 58.3 Å². The number of likely N-dealkylation sites (tertiary alicyclic amines) is 1. The highest BCUT2D eigenvalue weighted by atomic mass is 16.6. The van der Waals surface area contributed by atoms with Gasteiger partial charge in [0.05, 0.1) is 23.2 Å². The molecule has 1 aromatic heterocycles. The summed E-state index contributed by atoms with van der Waals surface area (Å²) in [6, 6.07) is 13.2. The van der Waals surface area contributed by atoms with Gasteiger partial charge in [0.1, 0.15) is 5.60 Å². The highest BCUT2D eigenvalue weighted by Crippen LogP contribution is 2.32. The van der Waals surface area contributed by atoms with Crippen molar-refractivity contribution in [2.75, 3.05) is 6.54 Å². The molecule has 2 aliphatic rings. The summed E-state index contributed by atoms with van der Waals surface area (Å²) in [7, 11) is 0. The molecule has 0 saturated carbocycles. The van der Waals surface area contributed by atoms with E-state index >= 15 is 0 Å². The second-order valence-electron chi connectivity index (χ2n) is 11.3. The van der Waals surface area contributed by atoms with Crippen molar-refractivity contribution in [1.29, 1.82) is 0 Å². The van der Waals surface area contributed by atoms with Crippen LogP contribution >= 0.6 is 0 Å². The molecule has 11 heteroatoms. The van der Waals surface area contributed by atoms with E-state index in [4.69, 9.17) is 4.74 Å². The molecule has 41 heavy (non-hydrogen) atoms. The zero-order valence-corrected chi connectivity index (χ0v) is 23.2. The Bertz CT molecular complexity index is 1650. The van der Waals surface area contributed by atoms with Gasteiger partial charge in [0.15, 0.2) is 0 Å². The summed E-state index contributed by atoms with van der Waals surface area (Å²) in [5.74, 6) is -1.66. The Morgan fingerprint density at radius 2 is 1.49 bits per heavy atom. The van der Waals surface area contributed by atoms with Crippen LogP contribution in [0, 0.1) is 6.92 Å². The molecule has 2 aromatic carbocycles. The van der Waals surface area contributed by atoms with Gasteiger partial charge in [-0.2, -0.15) is 4.57 Å². The van der Waals surface area contributed by atoms with Gasteiger partial charge in [-0.15, -0.1) is 0 Å². The first-order chi connectivity index (χ1) is 19.4. The van der Waals surface area contributed by atoms with Crippen molar-refractivity contribution < 1.29 is 23.9 Å². The van der Waals surface area contributed by atoms with Crippen LogP contribution in [-0.4, -0.2) is 67.0 Å². The van der Waals surface area contributed by atoms with E-state index in [0.29, 0.717) is 15.7 Å². The Labute approximate surface area is 235 Å². The van der Waals surface area contributed by atoms with E-state index in [9.17, 15) is 28.8 Å². The van der Waals surface area contributed by atoms with Gasteiger partial charge < -0.3 is 9.64 Å². The van der Waals surface area contributed by atoms with Crippen molar-refractivity contribution in [3.63, 3.8) is 0 Å².